The zero-order chi connectivity index (χ0) is 12.1. The van der Waals surface area contributed by atoms with Gasteiger partial charge in [0.2, 0.25) is 0 Å². The summed E-state index contributed by atoms with van der Waals surface area (Å²) in [5, 5.41) is 10.4. The van der Waals surface area contributed by atoms with Crippen LogP contribution in [0.5, 0.6) is 5.75 Å². The van der Waals surface area contributed by atoms with Gasteiger partial charge in [-0.15, -0.1) is 0 Å². The largest absolute Gasteiger partial charge is 0.495 e. The van der Waals surface area contributed by atoms with Gasteiger partial charge in [-0.05, 0) is 6.92 Å². The van der Waals surface area contributed by atoms with E-state index in [-0.39, 0.29) is 0 Å². The third-order valence-corrected chi connectivity index (χ3v) is 2.30. The van der Waals surface area contributed by atoms with Crippen LogP contribution < -0.4 is 4.74 Å². The number of pyridine rings is 1. The fraction of sp³-hybridized carbons (Fsp3) is 0.545. The van der Waals surface area contributed by atoms with Crippen LogP contribution >= 0.6 is 0 Å². The molecule has 0 aromatic carbocycles. The molecule has 0 fully saturated rings. The van der Waals surface area contributed by atoms with Crippen molar-refractivity contribution >= 4 is 0 Å². The van der Waals surface area contributed by atoms with E-state index in [4.69, 9.17) is 9.47 Å². The lowest BCUT2D eigenvalue weighted by Gasteiger charge is -2.17. The first-order valence-electron chi connectivity index (χ1n) is 5.00. The summed E-state index contributed by atoms with van der Waals surface area (Å²) in [5.74, 6) is 0.704. The van der Waals surface area contributed by atoms with Crippen LogP contribution in [-0.4, -0.2) is 36.5 Å². The molecule has 0 aliphatic heterocycles. The Balaban J connectivity index is 3.17. The highest BCUT2D eigenvalue weighted by Gasteiger charge is 2.14. The molecule has 0 aliphatic rings. The highest BCUT2D eigenvalue weighted by atomic mass is 16.5. The van der Waals surface area contributed by atoms with Crippen molar-refractivity contribution < 1.29 is 14.7 Å². The zero-order valence-corrected chi connectivity index (χ0v) is 10.1. The van der Waals surface area contributed by atoms with E-state index in [0.29, 0.717) is 18.9 Å². The molecule has 0 amide bonds. The van der Waals surface area contributed by atoms with E-state index in [1.807, 2.05) is 6.92 Å². The molecule has 0 spiro atoms. The van der Waals surface area contributed by atoms with Crippen molar-refractivity contribution in [1.82, 2.24) is 10.0 Å². The Morgan fingerprint density at radius 1 is 1.44 bits per heavy atom. The van der Waals surface area contributed by atoms with Gasteiger partial charge in [-0.2, -0.15) is 5.06 Å². The number of ether oxygens (including phenoxy) is 2. The minimum atomic E-state index is 0.380. The molecule has 0 radical (unpaired) electrons. The van der Waals surface area contributed by atoms with E-state index in [9.17, 15) is 5.21 Å². The minimum Gasteiger partial charge on any atom is -0.495 e. The molecule has 0 saturated carbocycles. The lowest BCUT2D eigenvalue weighted by atomic mass is 10.1. The molecular formula is C11H18N2O3. The van der Waals surface area contributed by atoms with E-state index in [0.717, 1.165) is 21.9 Å². The number of aromatic nitrogens is 1. The Labute approximate surface area is 95.6 Å². The first-order chi connectivity index (χ1) is 7.60. The van der Waals surface area contributed by atoms with Gasteiger partial charge in [-0.3, -0.25) is 4.98 Å². The summed E-state index contributed by atoms with van der Waals surface area (Å²) in [6.45, 7) is 2.70. The second-order valence-corrected chi connectivity index (χ2v) is 3.63. The maximum Gasteiger partial charge on any atom is 0.144 e. The number of hydroxylamine groups is 2. The van der Waals surface area contributed by atoms with Gasteiger partial charge in [-0.1, -0.05) is 0 Å². The first kappa shape index (κ1) is 12.9. The third kappa shape index (κ3) is 2.91. The van der Waals surface area contributed by atoms with Crippen LogP contribution in [-0.2, 0) is 17.9 Å². The highest BCUT2D eigenvalue weighted by Crippen LogP contribution is 2.26. The van der Waals surface area contributed by atoms with Crippen molar-refractivity contribution in [2.24, 2.45) is 0 Å². The number of hydrogen-bond donors (Lipinski definition) is 1. The van der Waals surface area contributed by atoms with Gasteiger partial charge in [0, 0.05) is 31.5 Å². The number of nitrogens with zero attached hydrogens (tertiary/aromatic N) is 2. The fourth-order valence-corrected chi connectivity index (χ4v) is 1.63. The quantitative estimate of drug-likeness (QED) is 0.768. The van der Waals surface area contributed by atoms with Crippen LogP contribution in [0.2, 0.25) is 0 Å². The molecule has 90 valence electrons. The van der Waals surface area contributed by atoms with Crippen LogP contribution in [0.15, 0.2) is 6.20 Å². The third-order valence-electron chi connectivity index (χ3n) is 2.30. The molecule has 1 N–H and O–H groups in total. The van der Waals surface area contributed by atoms with Crippen LogP contribution in [0.3, 0.4) is 0 Å². The molecule has 0 bridgehead atoms. The summed E-state index contributed by atoms with van der Waals surface area (Å²) in [5.41, 5.74) is 2.63. The highest BCUT2D eigenvalue weighted by molar-refractivity contribution is 5.41. The van der Waals surface area contributed by atoms with Crippen molar-refractivity contribution in [3.63, 3.8) is 0 Å². The van der Waals surface area contributed by atoms with Gasteiger partial charge >= 0.3 is 0 Å². The standard InChI is InChI=1S/C11H18N2O3/c1-8-11(16-4)10(6-13(2)14)9(5-12-8)7-15-3/h5,14H,6-7H2,1-4H3. The lowest BCUT2D eigenvalue weighted by molar-refractivity contribution is -0.0739. The molecule has 0 unspecified atom stereocenters. The fourth-order valence-electron chi connectivity index (χ4n) is 1.63. The molecule has 0 atom stereocenters. The van der Waals surface area contributed by atoms with E-state index < -0.39 is 0 Å². The van der Waals surface area contributed by atoms with Crippen molar-refractivity contribution in [1.29, 1.82) is 0 Å². The Hall–Kier alpha value is -1.17. The Morgan fingerprint density at radius 2 is 2.12 bits per heavy atom. The van der Waals surface area contributed by atoms with E-state index in [1.54, 1.807) is 27.5 Å². The lowest BCUT2D eigenvalue weighted by Crippen LogP contribution is -2.15. The summed E-state index contributed by atoms with van der Waals surface area (Å²) >= 11 is 0. The van der Waals surface area contributed by atoms with Crippen molar-refractivity contribution in [3.8, 4) is 5.75 Å². The smallest absolute Gasteiger partial charge is 0.144 e. The van der Waals surface area contributed by atoms with Crippen LogP contribution in [0.25, 0.3) is 0 Å². The molecule has 0 saturated heterocycles. The maximum atomic E-state index is 9.33. The second-order valence-electron chi connectivity index (χ2n) is 3.63. The van der Waals surface area contributed by atoms with Gasteiger partial charge < -0.3 is 14.7 Å². The summed E-state index contributed by atoms with van der Waals surface area (Å²) in [6.07, 6.45) is 1.75. The van der Waals surface area contributed by atoms with Crippen LogP contribution in [0.1, 0.15) is 16.8 Å². The number of methoxy groups -OCH3 is 2. The molecule has 1 heterocycles. The van der Waals surface area contributed by atoms with Gasteiger partial charge in [0.05, 0.1) is 26.0 Å². The molecule has 16 heavy (non-hydrogen) atoms. The Bertz CT molecular complexity index is 353. The molecular weight excluding hydrogens is 208 g/mol. The van der Waals surface area contributed by atoms with Gasteiger partial charge in [-0.25, -0.2) is 0 Å². The number of hydrogen-bond acceptors (Lipinski definition) is 5. The minimum absolute atomic E-state index is 0.380. The second kappa shape index (κ2) is 5.79. The SMILES string of the molecule is COCc1cnc(C)c(OC)c1CN(C)O. The Kier molecular flexibility index (Phi) is 4.67. The molecule has 1 aromatic rings. The normalized spacial score (nSPS) is 10.9. The number of rotatable bonds is 5. The first-order valence-corrected chi connectivity index (χ1v) is 5.00. The number of aryl methyl sites for hydroxylation is 1. The van der Waals surface area contributed by atoms with E-state index in [2.05, 4.69) is 4.98 Å². The molecule has 5 heteroatoms. The van der Waals surface area contributed by atoms with E-state index >= 15 is 0 Å². The van der Waals surface area contributed by atoms with Crippen molar-refractivity contribution in [2.75, 3.05) is 21.3 Å². The summed E-state index contributed by atoms with van der Waals surface area (Å²) in [4.78, 5) is 4.23. The molecule has 1 aromatic heterocycles. The Morgan fingerprint density at radius 3 is 2.62 bits per heavy atom. The maximum absolute atomic E-state index is 9.33. The van der Waals surface area contributed by atoms with Crippen LogP contribution in [0, 0.1) is 6.92 Å². The van der Waals surface area contributed by atoms with E-state index in [1.165, 1.54) is 0 Å². The molecule has 0 aliphatic carbocycles. The molecule has 5 nitrogen and oxygen atoms in total. The van der Waals surface area contributed by atoms with Crippen LogP contribution in [0.4, 0.5) is 0 Å². The van der Waals surface area contributed by atoms with Gasteiger partial charge in [0.1, 0.15) is 5.75 Å². The predicted octanol–water partition coefficient (Wildman–Crippen LogP) is 1.37. The summed E-state index contributed by atoms with van der Waals surface area (Å²) in [7, 11) is 4.81. The van der Waals surface area contributed by atoms with Gasteiger partial charge in [0.25, 0.3) is 0 Å². The topological polar surface area (TPSA) is 54.8 Å². The van der Waals surface area contributed by atoms with Crippen molar-refractivity contribution in [3.05, 3.63) is 23.0 Å². The average molecular weight is 226 g/mol. The molecule has 1 rings (SSSR count). The average Bonchev–Trinajstić information content (AvgIpc) is 2.22. The monoisotopic (exact) mass is 226 g/mol. The van der Waals surface area contributed by atoms with Crippen molar-refractivity contribution in [2.45, 2.75) is 20.1 Å². The predicted molar refractivity (Wildman–Crippen MR) is 59.5 cm³/mol. The van der Waals surface area contributed by atoms with Gasteiger partial charge in [0.15, 0.2) is 0 Å². The zero-order valence-electron chi connectivity index (χ0n) is 10.1. The summed E-state index contributed by atoms with van der Waals surface area (Å²) < 4.78 is 10.4. The summed E-state index contributed by atoms with van der Waals surface area (Å²) in [6, 6.07) is 0.